The van der Waals surface area contributed by atoms with Crippen LogP contribution in [-0.2, 0) is 11.2 Å². The summed E-state index contributed by atoms with van der Waals surface area (Å²) in [5, 5.41) is 18.5. The Hall–Kier alpha value is -2.28. The molecule has 0 radical (unpaired) electrons. The van der Waals surface area contributed by atoms with Gasteiger partial charge >= 0.3 is 5.97 Å². The van der Waals surface area contributed by atoms with E-state index in [9.17, 15) is 9.18 Å². The van der Waals surface area contributed by atoms with Crippen LogP contribution in [0.3, 0.4) is 0 Å². The lowest BCUT2D eigenvalue weighted by Crippen LogP contribution is -2.05. The Balaban J connectivity index is 2.15. The van der Waals surface area contributed by atoms with Crippen LogP contribution in [0.15, 0.2) is 29.6 Å². The van der Waals surface area contributed by atoms with Crippen molar-refractivity contribution in [3.63, 3.8) is 0 Å². The van der Waals surface area contributed by atoms with Gasteiger partial charge in [0.2, 0.25) is 4.96 Å². The lowest BCUT2D eigenvalue weighted by Gasteiger charge is -2.01. The first-order chi connectivity index (χ1) is 9.15. The molecule has 1 N–H and O–H groups in total. The molecule has 3 rings (SSSR count). The summed E-state index contributed by atoms with van der Waals surface area (Å²) in [6.45, 7) is 0. The van der Waals surface area contributed by atoms with E-state index in [2.05, 4.69) is 10.2 Å². The van der Waals surface area contributed by atoms with Crippen LogP contribution in [0.5, 0.6) is 0 Å². The van der Waals surface area contributed by atoms with E-state index in [1.54, 1.807) is 16.5 Å². The van der Waals surface area contributed by atoms with Crippen molar-refractivity contribution in [2.75, 3.05) is 0 Å². The molecule has 0 amide bonds. The fourth-order valence-corrected chi connectivity index (χ4v) is 2.70. The van der Waals surface area contributed by atoms with Crippen molar-refractivity contribution in [2.24, 2.45) is 0 Å². The predicted octanol–water partition coefficient (Wildman–Crippen LogP) is 2.22. The second-order valence-corrected chi connectivity index (χ2v) is 4.77. The van der Waals surface area contributed by atoms with E-state index >= 15 is 0 Å². The van der Waals surface area contributed by atoms with Gasteiger partial charge in [0, 0.05) is 5.38 Å². The average Bonchev–Trinajstić information content (AvgIpc) is 2.93. The van der Waals surface area contributed by atoms with Crippen molar-refractivity contribution in [2.45, 2.75) is 6.42 Å². The summed E-state index contributed by atoms with van der Waals surface area (Å²) in [4.78, 5) is 11.4. The summed E-state index contributed by atoms with van der Waals surface area (Å²) < 4.78 is 14.6. The van der Waals surface area contributed by atoms with Crippen molar-refractivity contribution < 1.29 is 14.3 Å². The second-order valence-electron chi connectivity index (χ2n) is 3.93. The number of halogens is 1. The Bertz CT molecular complexity index is 748. The quantitative estimate of drug-likeness (QED) is 0.797. The molecular formula is C12H8FN3O2S. The van der Waals surface area contributed by atoms with Crippen molar-refractivity contribution in [3.8, 4) is 11.3 Å². The Morgan fingerprint density at radius 2 is 2.05 bits per heavy atom. The second kappa shape index (κ2) is 4.43. The van der Waals surface area contributed by atoms with Gasteiger partial charge < -0.3 is 5.11 Å². The average molecular weight is 277 g/mol. The van der Waals surface area contributed by atoms with Crippen molar-refractivity contribution in [3.05, 3.63) is 41.3 Å². The first-order valence-electron chi connectivity index (χ1n) is 5.44. The molecule has 5 nitrogen and oxygen atoms in total. The van der Waals surface area contributed by atoms with E-state index < -0.39 is 5.97 Å². The zero-order chi connectivity index (χ0) is 13.4. The summed E-state index contributed by atoms with van der Waals surface area (Å²) in [5.74, 6) is -0.918. The standard InChI is InChI=1S/C12H8FN3O2S/c13-8-3-1-7(2-4-8)9-6-19-12-15-14-10(16(9)12)5-11(17)18/h1-4,6H,5H2,(H,17,18). The van der Waals surface area contributed by atoms with E-state index in [0.29, 0.717) is 10.8 Å². The van der Waals surface area contributed by atoms with Crippen LogP contribution >= 0.6 is 11.3 Å². The lowest BCUT2D eigenvalue weighted by atomic mass is 10.2. The van der Waals surface area contributed by atoms with Crippen molar-refractivity contribution >= 4 is 22.3 Å². The maximum absolute atomic E-state index is 12.9. The maximum atomic E-state index is 12.9. The Morgan fingerprint density at radius 3 is 2.74 bits per heavy atom. The third kappa shape index (κ3) is 2.08. The highest BCUT2D eigenvalue weighted by molar-refractivity contribution is 7.15. The number of carboxylic acid groups (broad SMARTS) is 1. The molecule has 0 saturated carbocycles. The molecular weight excluding hydrogens is 269 g/mol. The van der Waals surface area contributed by atoms with Gasteiger partial charge in [-0.2, -0.15) is 0 Å². The van der Waals surface area contributed by atoms with Gasteiger partial charge in [0.1, 0.15) is 18.1 Å². The van der Waals surface area contributed by atoms with E-state index in [4.69, 9.17) is 5.11 Å². The minimum atomic E-state index is -0.967. The number of carboxylic acids is 1. The van der Waals surface area contributed by atoms with Gasteiger partial charge in [0.15, 0.2) is 0 Å². The molecule has 0 bridgehead atoms. The van der Waals surface area contributed by atoms with Crippen molar-refractivity contribution in [1.82, 2.24) is 14.6 Å². The first-order valence-corrected chi connectivity index (χ1v) is 6.32. The summed E-state index contributed by atoms with van der Waals surface area (Å²) in [6.07, 6.45) is -0.202. The fraction of sp³-hybridized carbons (Fsp3) is 0.0833. The minimum absolute atomic E-state index is 0.202. The largest absolute Gasteiger partial charge is 0.481 e. The number of hydrogen-bond acceptors (Lipinski definition) is 4. The number of aromatic nitrogens is 3. The highest BCUT2D eigenvalue weighted by Crippen LogP contribution is 2.26. The number of rotatable bonds is 3. The molecule has 96 valence electrons. The zero-order valence-corrected chi connectivity index (χ0v) is 10.4. The molecule has 0 fully saturated rings. The molecule has 2 aromatic heterocycles. The van der Waals surface area contributed by atoms with E-state index in [1.165, 1.54) is 23.5 Å². The monoisotopic (exact) mass is 277 g/mol. The number of thiazole rings is 1. The van der Waals surface area contributed by atoms with Gasteiger partial charge in [0.25, 0.3) is 0 Å². The van der Waals surface area contributed by atoms with Crippen LogP contribution in [-0.4, -0.2) is 25.7 Å². The fourth-order valence-electron chi connectivity index (χ4n) is 1.85. The smallest absolute Gasteiger partial charge is 0.311 e. The molecule has 0 saturated heterocycles. The molecule has 2 heterocycles. The maximum Gasteiger partial charge on any atom is 0.311 e. The van der Waals surface area contributed by atoms with Gasteiger partial charge in [-0.1, -0.05) is 0 Å². The Morgan fingerprint density at radius 1 is 1.32 bits per heavy atom. The number of hydrogen-bond donors (Lipinski definition) is 1. The summed E-state index contributed by atoms with van der Waals surface area (Å²) in [6, 6.07) is 6.00. The highest BCUT2D eigenvalue weighted by atomic mass is 32.1. The van der Waals surface area contributed by atoms with Gasteiger partial charge in [-0.05, 0) is 29.8 Å². The van der Waals surface area contributed by atoms with E-state index in [-0.39, 0.29) is 12.2 Å². The van der Waals surface area contributed by atoms with Crippen LogP contribution in [0.25, 0.3) is 16.2 Å². The Kier molecular flexibility index (Phi) is 2.75. The molecule has 7 heteroatoms. The van der Waals surface area contributed by atoms with E-state index in [1.807, 2.05) is 5.38 Å². The molecule has 0 unspecified atom stereocenters. The van der Waals surface area contributed by atoms with Crippen LogP contribution in [0.1, 0.15) is 5.82 Å². The third-order valence-corrected chi connectivity index (χ3v) is 3.48. The summed E-state index contributed by atoms with van der Waals surface area (Å²) in [5.41, 5.74) is 1.56. The number of fused-ring (bicyclic) bond motifs is 1. The summed E-state index contributed by atoms with van der Waals surface area (Å²) >= 11 is 1.36. The van der Waals surface area contributed by atoms with Gasteiger partial charge in [-0.15, -0.1) is 21.5 Å². The van der Waals surface area contributed by atoms with E-state index in [0.717, 1.165) is 11.3 Å². The summed E-state index contributed by atoms with van der Waals surface area (Å²) in [7, 11) is 0. The zero-order valence-electron chi connectivity index (χ0n) is 9.58. The van der Waals surface area contributed by atoms with Crippen LogP contribution in [0.2, 0.25) is 0 Å². The lowest BCUT2D eigenvalue weighted by molar-refractivity contribution is -0.136. The molecule has 0 aliphatic carbocycles. The van der Waals surface area contributed by atoms with Crippen molar-refractivity contribution in [1.29, 1.82) is 0 Å². The number of benzene rings is 1. The number of nitrogens with zero attached hydrogens (tertiary/aromatic N) is 3. The van der Waals surface area contributed by atoms with Crippen LogP contribution < -0.4 is 0 Å². The Labute approximate surface area is 111 Å². The normalized spacial score (nSPS) is 11.0. The third-order valence-electron chi connectivity index (χ3n) is 2.67. The number of carbonyl (C=O) groups is 1. The molecule has 0 spiro atoms. The first kappa shape index (κ1) is 11.8. The highest BCUT2D eigenvalue weighted by Gasteiger charge is 2.15. The van der Waals surface area contributed by atoms with Gasteiger partial charge in [0.05, 0.1) is 5.69 Å². The topological polar surface area (TPSA) is 67.5 Å². The van der Waals surface area contributed by atoms with Crippen LogP contribution in [0.4, 0.5) is 4.39 Å². The molecule has 0 aliphatic heterocycles. The van der Waals surface area contributed by atoms with Gasteiger partial charge in [-0.25, -0.2) is 4.39 Å². The minimum Gasteiger partial charge on any atom is -0.481 e. The molecule has 19 heavy (non-hydrogen) atoms. The number of aliphatic carboxylic acids is 1. The molecule has 3 aromatic rings. The SMILES string of the molecule is O=C(O)Cc1nnc2scc(-c3ccc(F)cc3)n12. The van der Waals surface area contributed by atoms with Gasteiger partial charge in [-0.3, -0.25) is 9.20 Å². The molecule has 0 aliphatic rings. The molecule has 1 aromatic carbocycles. The van der Waals surface area contributed by atoms with Crippen LogP contribution in [0, 0.1) is 5.82 Å². The molecule has 0 atom stereocenters. The predicted molar refractivity (Wildman–Crippen MR) is 67.6 cm³/mol.